The van der Waals surface area contributed by atoms with Crippen LogP contribution < -0.4 is 11.1 Å². The van der Waals surface area contributed by atoms with Crippen LogP contribution in [0.25, 0.3) is 10.9 Å². The lowest BCUT2D eigenvalue weighted by Crippen LogP contribution is -2.44. The van der Waals surface area contributed by atoms with Crippen LogP contribution in [0.15, 0.2) is 30.6 Å². The maximum atomic E-state index is 8.91. The molecule has 4 N–H and O–H groups in total. The number of fused-ring (bicyclic) bond motifs is 1. The van der Waals surface area contributed by atoms with Gasteiger partial charge < -0.3 is 20.9 Å². The maximum Gasteiger partial charge on any atom is 0.229 e. The number of morpholine rings is 1. The van der Waals surface area contributed by atoms with Crippen molar-refractivity contribution in [3.8, 4) is 6.07 Å². The molecule has 2 aromatic heterocycles. The molecule has 1 aromatic carbocycles. The van der Waals surface area contributed by atoms with Gasteiger partial charge in [-0.05, 0) is 31.0 Å². The van der Waals surface area contributed by atoms with Crippen molar-refractivity contribution < 1.29 is 9.84 Å². The minimum absolute atomic E-state index is 0.0156. The maximum absolute atomic E-state index is 8.91. The summed E-state index contributed by atoms with van der Waals surface area (Å²) >= 11 is 0. The second-order valence-electron chi connectivity index (χ2n) is 8.56. The number of rotatable bonds is 5. The van der Waals surface area contributed by atoms with E-state index in [1.807, 2.05) is 0 Å². The Morgan fingerprint density at radius 1 is 1.18 bits per heavy atom. The van der Waals surface area contributed by atoms with Crippen molar-refractivity contribution in [2.75, 3.05) is 44.0 Å². The second-order valence-corrected chi connectivity index (χ2v) is 8.56. The van der Waals surface area contributed by atoms with Gasteiger partial charge in [0.1, 0.15) is 5.82 Å². The summed E-state index contributed by atoms with van der Waals surface area (Å²) in [5.41, 5.74) is 7.79. The van der Waals surface area contributed by atoms with Gasteiger partial charge in [-0.15, -0.1) is 0 Å². The van der Waals surface area contributed by atoms with E-state index < -0.39 is 0 Å². The molecule has 3 aromatic rings. The van der Waals surface area contributed by atoms with Crippen LogP contribution in [-0.2, 0) is 11.3 Å². The van der Waals surface area contributed by atoms with Gasteiger partial charge in [-0.3, -0.25) is 9.58 Å². The third-order valence-corrected chi connectivity index (χ3v) is 6.21. The Morgan fingerprint density at radius 3 is 2.71 bits per heavy atom. The van der Waals surface area contributed by atoms with E-state index in [2.05, 4.69) is 31.4 Å². The summed E-state index contributed by atoms with van der Waals surface area (Å²) in [5, 5.41) is 25.5. The van der Waals surface area contributed by atoms with E-state index in [0.29, 0.717) is 40.5 Å². The number of aliphatic hydroxyl groups excluding tert-OH is 1. The molecule has 0 spiro atoms. The number of ether oxygens (including phenoxy) is 1. The number of nitrogens with two attached hydrogens (primary N) is 1. The van der Waals surface area contributed by atoms with Crippen LogP contribution in [0, 0.1) is 11.3 Å². The topological polar surface area (TPSA) is 138 Å². The Balaban J connectivity index is 0.000000192. The second kappa shape index (κ2) is 11.7. The molecular formula is C24H32N8O2. The fourth-order valence-corrected chi connectivity index (χ4v) is 4.45. The summed E-state index contributed by atoms with van der Waals surface area (Å²) in [4.78, 5) is 11.2. The van der Waals surface area contributed by atoms with Gasteiger partial charge in [-0.1, -0.05) is 19.3 Å². The zero-order valence-electron chi connectivity index (χ0n) is 19.4. The van der Waals surface area contributed by atoms with Crippen molar-refractivity contribution in [1.82, 2.24) is 24.6 Å². The molecule has 10 nitrogen and oxygen atoms in total. The van der Waals surface area contributed by atoms with E-state index in [-0.39, 0.29) is 6.61 Å². The van der Waals surface area contributed by atoms with Crippen molar-refractivity contribution >= 4 is 28.4 Å². The zero-order chi connectivity index (χ0) is 23.8. The standard InChI is InChI=1S/C14H13N7O.C10H19NO/c15-6-9-1-2-12-11(5-9)13(16)20-14(19-12)18-10-7-17-21(8-10)3-4-22;1-2-4-10(5-3-1)11-6-8-12-9-7-11/h1-2,5,7-8,22H,3-4H2,(H3,16,18,19,20);10H,1-9H2. The molecule has 0 amide bonds. The predicted molar refractivity (Wildman–Crippen MR) is 131 cm³/mol. The van der Waals surface area contributed by atoms with Crippen LogP contribution in [-0.4, -0.2) is 68.7 Å². The number of nitriles is 1. The number of nitrogens with one attached hydrogen (secondary N) is 1. The van der Waals surface area contributed by atoms with Crippen LogP contribution in [0.4, 0.5) is 17.5 Å². The molecule has 10 heteroatoms. The molecule has 0 unspecified atom stereocenters. The lowest BCUT2D eigenvalue weighted by atomic mass is 9.94. The first kappa shape index (κ1) is 23.9. The Kier molecular flexibility index (Phi) is 8.25. The van der Waals surface area contributed by atoms with Crippen molar-refractivity contribution in [2.45, 2.75) is 44.7 Å². The van der Waals surface area contributed by atoms with Crippen LogP contribution >= 0.6 is 0 Å². The number of nitrogen functional groups attached to an aromatic ring is 1. The minimum atomic E-state index is 0.0156. The number of aliphatic hydroxyl groups is 1. The lowest BCUT2D eigenvalue weighted by molar-refractivity contribution is 0.00858. The van der Waals surface area contributed by atoms with Gasteiger partial charge in [0, 0.05) is 30.7 Å². The first-order valence-electron chi connectivity index (χ1n) is 11.9. The van der Waals surface area contributed by atoms with Gasteiger partial charge in [0.15, 0.2) is 0 Å². The average Bonchev–Trinajstić information content (AvgIpc) is 3.32. The molecule has 2 fully saturated rings. The van der Waals surface area contributed by atoms with Crippen LogP contribution in [0.3, 0.4) is 0 Å². The Morgan fingerprint density at radius 2 is 1.97 bits per heavy atom. The highest BCUT2D eigenvalue weighted by molar-refractivity contribution is 5.90. The molecule has 0 radical (unpaired) electrons. The van der Waals surface area contributed by atoms with E-state index in [9.17, 15) is 0 Å². The number of aromatic nitrogens is 4. The molecule has 1 aliphatic carbocycles. The predicted octanol–water partition coefficient (Wildman–Crippen LogP) is 2.67. The Hall–Kier alpha value is -3.26. The molecule has 34 heavy (non-hydrogen) atoms. The van der Waals surface area contributed by atoms with Gasteiger partial charge in [0.2, 0.25) is 5.95 Å². The summed E-state index contributed by atoms with van der Waals surface area (Å²) < 4.78 is 6.95. The molecule has 2 aliphatic rings. The summed E-state index contributed by atoms with van der Waals surface area (Å²) in [7, 11) is 0. The molecule has 1 saturated heterocycles. The minimum Gasteiger partial charge on any atom is -0.394 e. The molecule has 1 aliphatic heterocycles. The summed E-state index contributed by atoms with van der Waals surface area (Å²) in [6, 6.07) is 8.02. The van der Waals surface area contributed by atoms with E-state index in [1.54, 1.807) is 35.3 Å². The smallest absolute Gasteiger partial charge is 0.229 e. The third kappa shape index (κ3) is 6.20. The van der Waals surface area contributed by atoms with E-state index in [0.717, 1.165) is 19.3 Å². The third-order valence-electron chi connectivity index (χ3n) is 6.21. The molecule has 0 bridgehead atoms. The highest BCUT2D eigenvalue weighted by Crippen LogP contribution is 2.23. The first-order chi connectivity index (χ1) is 16.7. The Bertz CT molecular complexity index is 1100. The van der Waals surface area contributed by atoms with Crippen molar-refractivity contribution in [3.05, 3.63) is 36.2 Å². The average molecular weight is 465 g/mol. The molecule has 5 rings (SSSR count). The largest absolute Gasteiger partial charge is 0.394 e. The normalized spacial score (nSPS) is 17.1. The van der Waals surface area contributed by atoms with Gasteiger partial charge in [-0.2, -0.15) is 15.3 Å². The molecular weight excluding hydrogens is 432 g/mol. The molecule has 180 valence electrons. The number of benzene rings is 1. The highest BCUT2D eigenvalue weighted by Gasteiger charge is 2.22. The van der Waals surface area contributed by atoms with Crippen LogP contribution in [0.5, 0.6) is 0 Å². The van der Waals surface area contributed by atoms with E-state index in [4.69, 9.17) is 20.8 Å². The quantitative estimate of drug-likeness (QED) is 0.520. The molecule has 1 saturated carbocycles. The van der Waals surface area contributed by atoms with Crippen molar-refractivity contribution in [2.24, 2.45) is 0 Å². The number of hydrogen-bond donors (Lipinski definition) is 3. The first-order valence-corrected chi connectivity index (χ1v) is 11.9. The van der Waals surface area contributed by atoms with Crippen molar-refractivity contribution in [3.63, 3.8) is 0 Å². The summed E-state index contributed by atoms with van der Waals surface area (Å²) in [5.74, 6) is 0.644. The fraction of sp³-hybridized carbons (Fsp3) is 0.500. The zero-order valence-corrected chi connectivity index (χ0v) is 19.4. The van der Waals surface area contributed by atoms with Crippen LogP contribution in [0.2, 0.25) is 0 Å². The van der Waals surface area contributed by atoms with Crippen LogP contribution in [0.1, 0.15) is 37.7 Å². The van der Waals surface area contributed by atoms with E-state index in [1.165, 1.54) is 45.2 Å². The number of nitrogens with zero attached hydrogens (tertiary/aromatic N) is 6. The van der Waals surface area contributed by atoms with Gasteiger partial charge in [0.05, 0.1) is 55.4 Å². The van der Waals surface area contributed by atoms with Gasteiger partial charge >= 0.3 is 0 Å². The monoisotopic (exact) mass is 464 g/mol. The Labute approximate surface area is 199 Å². The van der Waals surface area contributed by atoms with Gasteiger partial charge in [-0.25, -0.2) is 4.98 Å². The van der Waals surface area contributed by atoms with Gasteiger partial charge in [0.25, 0.3) is 0 Å². The molecule has 0 atom stereocenters. The number of hydrogen-bond acceptors (Lipinski definition) is 9. The summed E-state index contributed by atoms with van der Waals surface area (Å²) in [6.07, 6.45) is 10.6. The van der Waals surface area contributed by atoms with Crippen molar-refractivity contribution in [1.29, 1.82) is 5.26 Å². The molecule has 3 heterocycles. The SMILES string of the molecule is C1CCC(N2CCOCC2)CC1.N#Cc1ccc2nc(Nc3cnn(CCO)c3)nc(N)c2c1. The fourth-order valence-electron chi connectivity index (χ4n) is 4.45. The summed E-state index contributed by atoms with van der Waals surface area (Å²) in [6.45, 7) is 4.68. The highest BCUT2D eigenvalue weighted by atomic mass is 16.5. The number of anilines is 3. The lowest BCUT2D eigenvalue weighted by Gasteiger charge is -2.36. The van der Waals surface area contributed by atoms with E-state index >= 15 is 0 Å².